The zero-order valence-corrected chi connectivity index (χ0v) is 15.8. The minimum absolute atomic E-state index is 0.0378. The van der Waals surface area contributed by atoms with Gasteiger partial charge >= 0.3 is 0 Å². The number of hydrogen-bond acceptors (Lipinski definition) is 8. The van der Waals surface area contributed by atoms with Crippen molar-refractivity contribution in [2.75, 3.05) is 5.32 Å². The molecule has 1 N–H and O–H groups in total. The molecule has 130 valence electrons. The molecule has 3 aromatic heterocycles. The molecule has 0 unspecified atom stereocenters. The van der Waals surface area contributed by atoms with E-state index < -0.39 is 0 Å². The van der Waals surface area contributed by atoms with Crippen LogP contribution in [0.4, 0.5) is 10.9 Å². The molecular formula is C17H18N4O2S2. The highest BCUT2D eigenvalue weighted by Gasteiger charge is 2.19. The number of aldehydes is 1. The number of nitrogens with one attached hydrogen (secondary N) is 1. The quantitative estimate of drug-likeness (QED) is 0.496. The Balaban J connectivity index is 1.58. The number of aromatic nitrogens is 3. The fourth-order valence-electron chi connectivity index (χ4n) is 1.90. The zero-order chi connectivity index (χ0) is 17.9. The molecule has 0 radical (unpaired) electrons. The highest BCUT2D eigenvalue weighted by molar-refractivity contribution is 8.00. The number of thioether (sulfide) groups is 1. The number of pyridine rings is 1. The molecule has 0 aliphatic rings. The first kappa shape index (κ1) is 17.6. The van der Waals surface area contributed by atoms with Gasteiger partial charge in [-0.25, -0.2) is 15.0 Å². The molecule has 0 aromatic carbocycles. The maximum Gasteiger partial charge on any atom is 0.204 e. The number of carbonyl (C=O) groups is 1. The van der Waals surface area contributed by atoms with Gasteiger partial charge in [-0.05, 0) is 12.1 Å². The third-order valence-electron chi connectivity index (χ3n) is 3.27. The molecule has 3 heterocycles. The minimum atomic E-state index is -0.0378. The van der Waals surface area contributed by atoms with Gasteiger partial charge in [0, 0.05) is 17.2 Å². The first-order valence-electron chi connectivity index (χ1n) is 7.66. The smallest absolute Gasteiger partial charge is 0.204 e. The molecule has 0 aliphatic carbocycles. The summed E-state index contributed by atoms with van der Waals surface area (Å²) >= 11 is 3.16. The fourth-order valence-corrected chi connectivity index (χ4v) is 3.63. The van der Waals surface area contributed by atoms with Crippen molar-refractivity contribution in [2.24, 2.45) is 0 Å². The maximum atomic E-state index is 10.6. The molecule has 6 nitrogen and oxygen atoms in total. The van der Waals surface area contributed by atoms with Crippen LogP contribution in [0.2, 0.25) is 0 Å². The second-order valence-electron chi connectivity index (χ2n) is 6.36. The van der Waals surface area contributed by atoms with Gasteiger partial charge in [0.2, 0.25) is 5.89 Å². The van der Waals surface area contributed by atoms with Crippen LogP contribution in [-0.2, 0) is 11.2 Å². The Morgan fingerprint density at radius 2 is 2.04 bits per heavy atom. The third-order valence-corrected chi connectivity index (χ3v) is 5.36. The lowest BCUT2D eigenvalue weighted by atomic mass is 9.94. The van der Waals surface area contributed by atoms with Crippen LogP contribution in [0.3, 0.4) is 0 Å². The zero-order valence-electron chi connectivity index (χ0n) is 14.1. The average Bonchev–Trinajstić information content (AvgIpc) is 3.22. The van der Waals surface area contributed by atoms with E-state index >= 15 is 0 Å². The van der Waals surface area contributed by atoms with Gasteiger partial charge in [-0.3, -0.25) is 4.79 Å². The van der Waals surface area contributed by atoms with Crippen molar-refractivity contribution in [3.63, 3.8) is 0 Å². The SMILES string of the molecule is CC(C)(C)c1cnc(CSc2cnc(Nc3ccc(C=O)cn3)s2)o1. The van der Waals surface area contributed by atoms with Crippen molar-refractivity contribution in [1.29, 1.82) is 0 Å². The van der Waals surface area contributed by atoms with Crippen molar-refractivity contribution in [2.45, 2.75) is 36.1 Å². The molecule has 0 bridgehead atoms. The molecule has 0 amide bonds. The van der Waals surface area contributed by atoms with Gasteiger partial charge < -0.3 is 9.73 Å². The van der Waals surface area contributed by atoms with Crippen molar-refractivity contribution in [3.05, 3.63) is 47.9 Å². The predicted octanol–water partition coefficient (Wildman–Crippen LogP) is 4.67. The predicted molar refractivity (Wildman–Crippen MR) is 99.8 cm³/mol. The van der Waals surface area contributed by atoms with E-state index in [-0.39, 0.29) is 5.41 Å². The Morgan fingerprint density at radius 1 is 1.20 bits per heavy atom. The fraction of sp³-hybridized carbons (Fsp3) is 0.294. The maximum absolute atomic E-state index is 10.6. The van der Waals surface area contributed by atoms with E-state index in [0.717, 1.165) is 21.4 Å². The van der Waals surface area contributed by atoms with E-state index in [2.05, 4.69) is 41.0 Å². The van der Waals surface area contributed by atoms with Crippen molar-refractivity contribution >= 4 is 40.3 Å². The summed E-state index contributed by atoms with van der Waals surface area (Å²) in [6.45, 7) is 6.30. The average molecular weight is 374 g/mol. The molecule has 0 fully saturated rings. The second kappa shape index (κ2) is 7.37. The van der Waals surface area contributed by atoms with Crippen LogP contribution in [-0.4, -0.2) is 21.2 Å². The molecule has 0 atom stereocenters. The van der Waals surface area contributed by atoms with Crippen LogP contribution in [0, 0.1) is 0 Å². The molecule has 0 aliphatic heterocycles. The summed E-state index contributed by atoms with van der Waals surface area (Å²) in [4.78, 5) is 23.5. The molecule has 3 aromatic rings. The summed E-state index contributed by atoms with van der Waals surface area (Å²) in [5, 5.41) is 3.87. The lowest BCUT2D eigenvalue weighted by molar-refractivity contribution is 0.112. The summed E-state index contributed by atoms with van der Waals surface area (Å²) in [7, 11) is 0. The summed E-state index contributed by atoms with van der Waals surface area (Å²) in [6, 6.07) is 3.46. The molecule has 0 saturated carbocycles. The summed E-state index contributed by atoms with van der Waals surface area (Å²) < 4.78 is 6.85. The molecular weight excluding hydrogens is 356 g/mol. The van der Waals surface area contributed by atoms with Crippen LogP contribution in [0.25, 0.3) is 0 Å². The molecule has 0 saturated heterocycles. The normalized spacial score (nSPS) is 11.5. The van der Waals surface area contributed by atoms with Gasteiger partial charge in [-0.15, -0.1) is 11.8 Å². The van der Waals surface area contributed by atoms with E-state index in [1.165, 1.54) is 17.5 Å². The number of anilines is 2. The van der Waals surface area contributed by atoms with Crippen molar-refractivity contribution in [1.82, 2.24) is 15.0 Å². The second-order valence-corrected chi connectivity index (χ2v) is 8.67. The highest BCUT2D eigenvalue weighted by Crippen LogP contribution is 2.32. The van der Waals surface area contributed by atoms with E-state index in [1.54, 1.807) is 30.1 Å². The van der Waals surface area contributed by atoms with Gasteiger partial charge in [-0.1, -0.05) is 32.1 Å². The molecule has 8 heteroatoms. The first-order chi connectivity index (χ1) is 11.9. The first-order valence-corrected chi connectivity index (χ1v) is 9.46. The highest BCUT2D eigenvalue weighted by atomic mass is 32.2. The van der Waals surface area contributed by atoms with E-state index in [9.17, 15) is 4.79 Å². The topological polar surface area (TPSA) is 80.9 Å². The molecule has 3 rings (SSSR count). The van der Waals surface area contributed by atoms with E-state index in [4.69, 9.17) is 4.42 Å². The van der Waals surface area contributed by atoms with Crippen LogP contribution in [0.5, 0.6) is 0 Å². The van der Waals surface area contributed by atoms with Gasteiger partial charge in [0.1, 0.15) is 11.6 Å². The van der Waals surface area contributed by atoms with E-state index in [1.807, 2.05) is 6.20 Å². The van der Waals surface area contributed by atoms with Gasteiger partial charge in [0.05, 0.1) is 22.4 Å². The van der Waals surface area contributed by atoms with Crippen LogP contribution >= 0.6 is 23.1 Å². The largest absolute Gasteiger partial charge is 0.444 e. The van der Waals surface area contributed by atoms with Crippen LogP contribution < -0.4 is 5.32 Å². The standard InChI is InChI=1S/C17H18N4O2S2/c1-17(2,3)12-7-19-14(23-12)10-24-15-8-20-16(25-15)21-13-5-4-11(9-22)6-18-13/h4-9H,10H2,1-3H3,(H,18,20,21). The van der Waals surface area contributed by atoms with Crippen LogP contribution in [0.1, 0.15) is 42.8 Å². The van der Waals surface area contributed by atoms with Gasteiger partial charge in [-0.2, -0.15) is 0 Å². The lowest BCUT2D eigenvalue weighted by Gasteiger charge is -2.12. The van der Waals surface area contributed by atoms with Crippen molar-refractivity contribution < 1.29 is 9.21 Å². The third kappa shape index (κ3) is 4.67. The Bertz CT molecular complexity index is 850. The number of thiazole rings is 1. The summed E-state index contributed by atoms with van der Waals surface area (Å²) in [6.07, 6.45) is 5.89. The number of nitrogens with zero attached hydrogens (tertiary/aromatic N) is 3. The molecule has 25 heavy (non-hydrogen) atoms. The summed E-state index contributed by atoms with van der Waals surface area (Å²) in [5.74, 6) is 2.91. The summed E-state index contributed by atoms with van der Waals surface area (Å²) in [5.41, 5.74) is 0.505. The Kier molecular flexibility index (Phi) is 5.19. The Morgan fingerprint density at radius 3 is 2.68 bits per heavy atom. The number of rotatable bonds is 6. The van der Waals surface area contributed by atoms with Crippen LogP contribution in [0.15, 0.2) is 39.3 Å². The number of oxazole rings is 1. The number of carbonyl (C=O) groups excluding carboxylic acids is 1. The number of hydrogen-bond donors (Lipinski definition) is 1. The molecule has 0 spiro atoms. The Hall–Kier alpha value is -2.19. The minimum Gasteiger partial charge on any atom is -0.444 e. The van der Waals surface area contributed by atoms with Gasteiger partial charge in [0.15, 0.2) is 11.4 Å². The van der Waals surface area contributed by atoms with Gasteiger partial charge in [0.25, 0.3) is 0 Å². The monoisotopic (exact) mass is 374 g/mol. The van der Waals surface area contributed by atoms with E-state index in [0.29, 0.717) is 23.0 Å². The van der Waals surface area contributed by atoms with Crippen molar-refractivity contribution in [3.8, 4) is 0 Å². The Labute approximate surface area is 154 Å². The lowest BCUT2D eigenvalue weighted by Crippen LogP contribution is -2.09.